The quantitative estimate of drug-likeness (QED) is 0.413. The fourth-order valence-electron chi connectivity index (χ4n) is 2.92. The van der Waals surface area contributed by atoms with Gasteiger partial charge in [0.05, 0.1) is 18.1 Å². The number of anilines is 1. The van der Waals surface area contributed by atoms with E-state index in [-0.39, 0.29) is 18.3 Å². The van der Waals surface area contributed by atoms with Crippen LogP contribution in [0.4, 0.5) is 5.69 Å². The van der Waals surface area contributed by atoms with Gasteiger partial charge in [0.25, 0.3) is 5.91 Å². The standard InChI is InChI=1S/C24H21Cl2NO4/c1-3-30-23(28)13-16-4-9-22(21(26)12-16)31-20-7-5-19(6-8-20)27-24(29)17-10-15(2)11-18(25)14-17/h4-12,14H,3,13H2,1-2H3,(H,27,29). The van der Waals surface area contributed by atoms with Crippen molar-refractivity contribution in [1.29, 1.82) is 0 Å². The van der Waals surface area contributed by atoms with Gasteiger partial charge in [0, 0.05) is 16.3 Å². The molecule has 0 radical (unpaired) electrons. The molecule has 7 heteroatoms. The Labute approximate surface area is 190 Å². The van der Waals surface area contributed by atoms with Crippen LogP contribution in [-0.2, 0) is 16.0 Å². The predicted molar refractivity (Wildman–Crippen MR) is 122 cm³/mol. The van der Waals surface area contributed by atoms with Crippen molar-refractivity contribution in [1.82, 2.24) is 0 Å². The van der Waals surface area contributed by atoms with E-state index >= 15 is 0 Å². The van der Waals surface area contributed by atoms with Crippen LogP contribution < -0.4 is 10.1 Å². The van der Waals surface area contributed by atoms with Crippen molar-refractivity contribution in [2.45, 2.75) is 20.3 Å². The van der Waals surface area contributed by atoms with Crippen molar-refractivity contribution in [2.24, 2.45) is 0 Å². The van der Waals surface area contributed by atoms with E-state index in [0.717, 1.165) is 11.1 Å². The molecule has 1 N–H and O–H groups in total. The molecular weight excluding hydrogens is 437 g/mol. The van der Waals surface area contributed by atoms with Crippen molar-refractivity contribution >= 4 is 40.8 Å². The van der Waals surface area contributed by atoms with E-state index < -0.39 is 0 Å². The molecule has 1 amide bonds. The number of hydrogen-bond acceptors (Lipinski definition) is 4. The summed E-state index contributed by atoms with van der Waals surface area (Å²) in [5.41, 5.74) is 2.75. The molecule has 0 aliphatic rings. The van der Waals surface area contributed by atoms with Gasteiger partial charge in [-0.1, -0.05) is 29.3 Å². The topological polar surface area (TPSA) is 64.6 Å². The van der Waals surface area contributed by atoms with Crippen molar-refractivity contribution in [3.63, 3.8) is 0 Å². The molecule has 0 saturated carbocycles. The van der Waals surface area contributed by atoms with Gasteiger partial charge in [-0.25, -0.2) is 0 Å². The van der Waals surface area contributed by atoms with Crippen LogP contribution in [0.1, 0.15) is 28.4 Å². The SMILES string of the molecule is CCOC(=O)Cc1ccc(Oc2ccc(NC(=O)c3cc(C)cc(Cl)c3)cc2)c(Cl)c1. The van der Waals surface area contributed by atoms with Crippen LogP contribution >= 0.6 is 23.2 Å². The number of halogens is 2. The molecule has 0 unspecified atom stereocenters. The highest BCUT2D eigenvalue weighted by Gasteiger charge is 2.10. The molecule has 0 saturated heterocycles. The normalized spacial score (nSPS) is 10.5. The minimum absolute atomic E-state index is 0.147. The number of carbonyl (C=O) groups excluding carboxylic acids is 2. The monoisotopic (exact) mass is 457 g/mol. The van der Waals surface area contributed by atoms with Crippen LogP contribution in [0.2, 0.25) is 10.0 Å². The van der Waals surface area contributed by atoms with E-state index in [1.807, 2.05) is 6.92 Å². The number of rotatable bonds is 7. The van der Waals surface area contributed by atoms with Crippen LogP contribution in [0.15, 0.2) is 60.7 Å². The van der Waals surface area contributed by atoms with E-state index in [2.05, 4.69) is 5.32 Å². The Morgan fingerprint density at radius 1 is 0.968 bits per heavy atom. The number of nitrogens with one attached hydrogen (secondary N) is 1. The number of carbonyl (C=O) groups is 2. The van der Waals surface area contributed by atoms with Gasteiger partial charge in [0.1, 0.15) is 11.5 Å². The van der Waals surface area contributed by atoms with Gasteiger partial charge in [-0.15, -0.1) is 0 Å². The third-order valence-electron chi connectivity index (χ3n) is 4.29. The lowest BCUT2D eigenvalue weighted by molar-refractivity contribution is -0.142. The summed E-state index contributed by atoms with van der Waals surface area (Å²) in [6.45, 7) is 3.98. The summed E-state index contributed by atoms with van der Waals surface area (Å²) in [7, 11) is 0. The van der Waals surface area contributed by atoms with Gasteiger partial charge < -0.3 is 14.8 Å². The van der Waals surface area contributed by atoms with Gasteiger partial charge in [-0.05, 0) is 79.6 Å². The molecule has 0 heterocycles. The smallest absolute Gasteiger partial charge is 0.310 e. The fourth-order valence-corrected chi connectivity index (χ4v) is 3.45. The van der Waals surface area contributed by atoms with Crippen LogP contribution in [-0.4, -0.2) is 18.5 Å². The highest BCUT2D eigenvalue weighted by Crippen LogP contribution is 2.31. The molecule has 3 rings (SSSR count). The van der Waals surface area contributed by atoms with E-state index in [9.17, 15) is 9.59 Å². The van der Waals surface area contributed by atoms with Gasteiger partial charge in [-0.2, -0.15) is 0 Å². The van der Waals surface area contributed by atoms with E-state index in [4.69, 9.17) is 32.7 Å². The minimum Gasteiger partial charge on any atom is -0.466 e. The molecule has 0 atom stereocenters. The summed E-state index contributed by atoms with van der Waals surface area (Å²) in [4.78, 5) is 24.0. The number of aryl methyl sites for hydroxylation is 1. The summed E-state index contributed by atoms with van der Waals surface area (Å²) in [5.74, 6) is 0.453. The second-order valence-corrected chi connectivity index (χ2v) is 7.69. The van der Waals surface area contributed by atoms with Gasteiger partial charge in [-0.3, -0.25) is 9.59 Å². The number of ether oxygens (including phenoxy) is 2. The Balaban J connectivity index is 1.64. The third kappa shape index (κ3) is 6.48. The Morgan fingerprint density at radius 2 is 1.71 bits per heavy atom. The Bertz CT molecular complexity index is 1080. The van der Waals surface area contributed by atoms with E-state index in [1.54, 1.807) is 67.6 Å². The summed E-state index contributed by atoms with van der Waals surface area (Å²) in [6.07, 6.45) is 0.147. The Kier molecular flexibility index (Phi) is 7.55. The Hall–Kier alpha value is -3.02. The molecule has 0 aliphatic carbocycles. The average Bonchev–Trinajstić information content (AvgIpc) is 2.71. The highest BCUT2D eigenvalue weighted by atomic mass is 35.5. The lowest BCUT2D eigenvalue weighted by Crippen LogP contribution is -2.12. The molecule has 0 aromatic heterocycles. The summed E-state index contributed by atoms with van der Waals surface area (Å²) >= 11 is 12.3. The molecule has 3 aromatic rings. The van der Waals surface area contributed by atoms with Crippen LogP contribution in [0.3, 0.4) is 0 Å². The maximum atomic E-state index is 12.4. The zero-order chi connectivity index (χ0) is 22.4. The van der Waals surface area contributed by atoms with Gasteiger partial charge in [0.15, 0.2) is 0 Å². The number of benzene rings is 3. The zero-order valence-electron chi connectivity index (χ0n) is 17.1. The number of esters is 1. The van der Waals surface area contributed by atoms with Gasteiger partial charge in [0.2, 0.25) is 0 Å². The minimum atomic E-state index is -0.308. The second-order valence-electron chi connectivity index (χ2n) is 6.84. The van der Waals surface area contributed by atoms with Crippen LogP contribution in [0.25, 0.3) is 0 Å². The highest BCUT2D eigenvalue weighted by molar-refractivity contribution is 6.32. The molecule has 0 bridgehead atoms. The van der Waals surface area contributed by atoms with Crippen molar-refractivity contribution < 1.29 is 19.1 Å². The summed E-state index contributed by atoms with van der Waals surface area (Å²) in [5, 5.41) is 3.73. The first kappa shape index (κ1) is 22.7. The predicted octanol–water partition coefficient (Wildman–Crippen LogP) is 6.45. The first-order chi connectivity index (χ1) is 14.8. The molecule has 160 valence electrons. The molecule has 0 aliphatic heterocycles. The molecule has 3 aromatic carbocycles. The molecule has 5 nitrogen and oxygen atoms in total. The maximum absolute atomic E-state index is 12.4. The van der Waals surface area contributed by atoms with E-state index in [1.165, 1.54) is 0 Å². The first-order valence-corrected chi connectivity index (χ1v) is 10.4. The summed E-state index contributed by atoms with van der Waals surface area (Å²) in [6, 6.07) is 17.2. The van der Waals surface area contributed by atoms with Crippen molar-refractivity contribution in [3.05, 3.63) is 87.4 Å². The van der Waals surface area contributed by atoms with Gasteiger partial charge >= 0.3 is 5.97 Å². The Morgan fingerprint density at radius 3 is 2.35 bits per heavy atom. The number of amides is 1. The fraction of sp³-hybridized carbons (Fsp3) is 0.167. The van der Waals surface area contributed by atoms with Crippen LogP contribution in [0, 0.1) is 6.92 Å². The van der Waals surface area contributed by atoms with E-state index in [0.29, 0.717) is 39.4 Å². The molecule has 31 heavy (non-hydrogen) atoms. The van der Waals surface area contributed by atoms with Crippen LogP contribution in [0.5, 0.6) is 11.5 Å². The lowest BCUT2D eigenvalue weighted by atomic mass is 10.1. The summed E-state index contributed by atoms with van der Waals surface area (Å²) < 4.78 is 10.8. The lowest BCUT2D eigenvalue weighted by Gasteiger charge is -2.11. The molecule has 0 fully saturated rings. The molecular formula is C24H21Cl2NO4. The largest absolute Gasteiger partial charge is 0.466 e. The molecule has 0 spiro atoms. The van der Waals surface area contributed by atoms with Crippen molar-refractivity contribution in [2.75, 3.05) is 11.9 Å². The average molecular weight is 458 g/mol. The number of hydrogen-bond donors (Lipinski definition) is 1. The second kappa shape index (κ2) is 10.3. The third-order valence-corrected chi connectivity index (χ3v) is 4.81. The zero-order valence-corrected chi connectivity index (χ0v) is 18.6. The first-order valence-electron chi connectivity index (χ1n) is 9.64. The van der Waals surface area contributed by atoms with Crippen molar-refractivity contribution in [3.8, 4) is 11.5 Å². The maximum Gasteiger partial charge on any atom is 0.310 e.